The van der Waals surface area contributed by atoms with Crippen LogP contribution in [0, 0.1) is 5.82 Å². The van der Waals surface area contributed by atoms with Crippen LogP contribution in [0.4, 0.5) is 29.2 Å². The Morgan fingerprint density at radius 1 is 1.17 bits per heavy atom. The van der Waals surface area contributed by atoms with Crippen molar-refractivity contribution in [2.24, 2.45) is 0 Å². The molecule has 1 fully saturated rings. The van der Waals surface area contributed by atoms with Gasteiger partial charge >= 0.3 is 6.18 Å². The van der Waals surface area contributed by atoms with Crippen molar-refractivity contribution in [3.63, 3.8) is 0 Å². The topological polar surface area (TPSA) is 57.5 Å². The minimum Gasteiger partial charge on any atom is -0.369 e. The molecule has 6 nitrogen and oxygen atoms in total. The van der Waals surface area contributed by atoms with Crippen LogP contribution >= 0.6 is 0 Å². The number of nitrogens with zero attached hydrogens (tertiary/aromatic N) is 4. The summed E-state index contributed by atoms with van der Waals surface area (Å²) < 4.78 is 53.9. The van der Waals surface area contributed by atoms with E-state index in [-0.39, 0.29) is 16.9 Å². The first-order valence-corrected chi connectivity index (χ1v) is 9.04. The second-order valence-corrected chi connectivity index (χ2v) is 7.44. The number of fused-ring (bicyclic) bond motifs is 1. The average molecular weight is 408 g/mol. The van der Waals surface area contributed by atoms with Gasteiger partial charge in [0.2, 0.25) is 0 Å². The van der Waals surface area contributed by atoms with Crippen molar-refractivity contribution in [2.45, 2.75) is 11.6 Å². The fourth-order valence-corrected chi connectivity index (χ4v) is 3.38. The van der Waals surface area contributed by atoms with Crippen molar-refractivity contribution in [1.29, 1.82) is 0 Å². The zero-order chi connectivity index (χ0) is 20.8. The zero-order valence-corrected chi connectivity index (χ0v) is 15.9. The molecule has 0 saturated carbocycles. The Bertz CT molecular complexity index is 1020. The van der Waals surface area contributed by atoms with Crippen molar-refractivity contribution >= 4 is 17.3 Å². The monoisotopic (exact) mass is 408 g/mol. The van der Waals surface area contributed by atoms with E-state index < -0.39 is 11.9 Å². The van der Waals surface area contributed by atoms with Gasteiger partial charge < -0.3 is 15.5 Å². The van der Waals surface area contributed by atoms with Crippen molar-refractivity contribution < 1.29 is 17.6 Å². The lowest BCUT2D eigenvalue weighted by Gasteiger charge is -2.43. The molecule has 29 heavy (non-hydrogen) atoms. The fraction of sp³-hybridized carbons (Fsp3) is 0.368. The van der Waals surface area contributed by atoms with Gasteiger partial charge in [-0.2, -0.15) is 22.8 Å². The molecule has 0 radical (unpaired) electrons. The van der Waals surface area contributed by atoms with Gasteiger partial charge in [-0.15, -0.1) is 0 Å². The molecule has 4 rings (SSSR count). The first kappa shape index (κ1) is 19.4. The number of benzene rings is 1. The Balaban J connectivity index is 1.69. The van der Waals surface area contributed by atoms with Gasteiger partial charge in [-0.05, 0) is 17.7 Å². The average Bonchev–Trinajstić information content (AvgIpc) is 3.06. The summed E-state index contributed by atoms with van der Waals surface area (Å²) in [5.74, 6) is 0.602. The predicted molar refractivity (Wildman–Crippen MR) is 102 cm³/mol. The maximum absolute atomic E-state index is 13.3. The van der Waals surface area contributed by atoms with E-state index in [4.69, 9.17) is 0 Å². The highest BCUT2D eigenvalue weighted by Crippen LogP contribution is 2.32. The lowest BCUT2D eigenvalue weighted by Crippen LogP contribution is -2.60. The summed E-state index contributed by atoms with van der Waals surface area (Å²) in [7, 11) is 3.53. The standard InChI is InChI=1S/C19H20F4N6/c1-28(2)16-8-15(29-17(26-16)7-14(27-29)19(21,22)23)25-11-18(9-24-10-18)12-3-5-13(20)6-4-12/h3-8,24-25H,9-11H2,1-2H3. The minimum absolute atomic E-state index is 0.105. The summed E-state index contributed by atoms with van der Waals surface area (Å²) in [4.78, 5) is 5.96. The zero-order valence-electron chi connectivity index (χ0n) is 15.9. The van der Waals surface area contributed by atoms with E-state index in [2.05, 4.69) is 20.7 Å². The van der Waals surface area contributed by atoms with Gasteiger partial charge in [-0.3, -0.25) is 0 Å². The van der Waals surface area contributed by atoms with E-state index >= 15 is 0 Å². The first-order chi connectivity index (χ1) is 13.7. The summed E-state index contributed by atoms with van der Waals surface area (Å²) in [6, 6.07) is 8.88. The van der Waals surface area contributed by atoms with Gasteiger partial charge in [0.15, 0.2) is 11.3 Å². The number of hydrogen-bond acceptors (Lipinski definition) is 5. The Kier molecular flexibility index (Phi) is 4.60. The summed E-state index contributed by atoms with van der Waals surface area (Å²) >= 11 is 0. The van der Waals surface area contributed by atoms with E-state index in [1.165, 1.54) is 16.6 Å². The van der Waals surface area contributed by atoms with Crippen LogP contribution in [0.25, 0.3) is 5.65 Å². The molecule has 1 aliphatic heterocycles. The summed E-state index contributed by atoms with van der Waals surface area (Å²) in [6.07, 6.45) is -4.56. The third-order valence-electron chi connectivity index (χ3n) is 5.15. The molecule has 2 aromatic heterocycles. The Morgan fingerprint density at radius 3 is 2.41 bits per heavy atom. The van der Waals surface area contributed by atoms with E-state index in [0.717, 1.165) is 11.6 Å². The lowest BCUT2D eigenvalue weighted by molar-refractivity contribution is -0.141. The maximum Gasteiger partial charge on any atom is 0.435 e. The number of nitrogens with one attached hydrogen (secondary N) is 2. The number of alkyl halides is 3. The molecule has 0 spiro atoms. The smallest absolute Gasteiger partial charge is 0.369 e. The van der Waals surface area contributed by atoms with Crippen LogP contribution in [-0.4, -0.2) is 48.3 Å². The first-order valence-electron chi connectivity index (χ1n) is 9.04. The quantitative estimate of drug-likeness (QED) is 0.636. The summed E-state index contributed by atoms with van der Waals surface area (Å²) in [5.41, 5.74) is -0.225. The van der Waals surface area contributed by atoms with Crippen LogP contribution < -0.4 is 15.5 Å². The van der Waals surface area contributed by atoms with Crippen molar-refractivity contribution in [3.05, 3.63) is 53.5 Å². The SMILES string of the molecule is CN(C)c1cc(NCC2(c3ccc(F)cc3)CNC2)n2nc(C(F)(F)F)cc2n1. The highest BCUT2D eigenvalue weighted by Gasteiger charge is 2.39. The van der Waals surface area contributed by atoms with E-state index in [1.807, 2.05) is 0 Å². The van der Waals surface area contributed by atoms with Crippen LogP contribution in [0.2, 0.25) is 0 Å². The molecule has 0 amide bonds. The second-order valence-electron chi connectivity index (χ2n) is 7.44. The van der Waals surface area contributed by atoms with Crippen molar-refractivity contribution in [1.82, 2.24) is 19.9 Å². The van der Waals surface area contributed by atoms with Crippen LogP contribution in [0.15, 0.2) is 36.4 Å². The van der Waals surface area contributed by atoms with Crippen LogP contribution in [0.3, 0.4) is 0 Å². The number of hydrogen-bond donors (Lipinski definition) is 2. The van der Waals surface area contributed by atoms with Gasteiger partial charge in [0.25, 0.3) is 0 Å². The van der Waals surface area contributed by atoms with Gasteiger partial charge in [-0.1, -0.05) is 12.1 Å². The predicted octanol–water partition coefficient (Wildman–Crippen LogP) is 2.91. The maximum atomic E-state index is 13.3. The Hall–Kier alpha value is -2.88. The summed E-state index contributed by atoms with van der Waals surface area (Å²) in [5, 5.41) is 10.1. The van der Waals surface area contributed by atoms with Crippen LogP contribution in [-0.2, 0) is 11.6 Å². The number of rotatable bonds is 5. The summed E-state index contributed by atoms with van der Waals surface area (Å²) in [6.45, 7) is 1.79. The molecule has 0 bridgehead atoms. The molecule has 0 aliphatic carbocycles. The van der Waals surface area contributed by atoms with Crippen molar-refractivity contribution in [3.8, 4) is 0 Å². The number of halogens is 4. The van der Waals surface area contributed by atoms with Crippen molar-refractivity contribution in [2.75, 3.05) is 43.9 Å². The third-order valence-corrected chi connectivity index (χ3v) is 5.15. The fourth-order valence-electron chi connectivity index (χ4n) is 3.38. The molecule has 1 aromatic carbocycles. The molecule has 3 heterocycles. The Labute approximate surface area is 164 Å². The van der Waals surface area contributed by atoms with Crippen LogP contribution in [0.5, 0.6) is 0 Å². The second kappa shape index (κ2) is 6.87. The molecule has 1 saturated heterocycles. The Morgan fingerprint density at radius 2 is 1.86 bits per heavy atom. The molecule has 10 heteroatoms. The highest BCUT2D eigenvalue weighted by molar-refractivity contribution is 5.58. The largest absolute Gasteiger partial charge is 0.435 e. The molecule has 3 aromatic rings. The third kappa shape index (κ3) is 3.59. The van der Waals surface area contributed by atoms with E-state index in [1.54, 1.807) is 37.2 Å². The number of anilines is 2. The molecule has 1 aliphatic rings. The van der Waals surface area contributed by atoms with E-state index in [9.17, 15) is 17.6 Å². The van der Waals surface area contributed by atoms with Gasteiger partial charge in [0, 0.05) is 51.3 Å². The molecule has 0 unspecified atom stereocenters. The lowest BCUT2D eigenvalue weighted by atomic mass is 9.75. The molecular weight excluding hydrogens is 388 g/mol. The van der Waals surface area contributed by atoms with Gasteiger partial charge in [0.05, 0.1) is 0 Å². The molecule has 154 valence electrons. The molecule has 0 atom stereocenters. The van der Waals surface area contributed by atoms with E-state index in [0.29, 0.717) is 31.3 Å². The highest BCUT2D eigenvalue weighted by atomic mass is 19.4. The molecular formula is C19H20F4N6. The van der Waals surface area contributed by atoms with Gasteiger partial charge in [-0.25, -0.2) is 9.37 Å². The van der Waals surface area contributed by atoms with Crippen LogP contribution in [0.1, 0.15) is 11.3 Å². The molecule has 2 N–H and O–H groups in total. The number of aromatic nitrogens is 3. The minimum atomic E-state index is -4.56. The normalized spacial score (nSPS) is 15.9. The van der Waals surface area contributed by atoms with Gasteiger partial charge in [0.1, 0.15) is 17.5 Å².